The van der Waals surface area contributed by atoms with Gasteiger partial charge in [0.15, 0.2) is 5.96 Å². The first-order chi connectivity index (χ1) is 11.2. The van der Waals surface area contributed by atoms with Crippen LogP contribution in [0.3, 0.4) is 0 Å². The second kappa shape index (κ2) is 7.67. The molecule has 3 atom stereocenters. The molecule has 1 aromatic rings. The van der Waals surface area contributed by atoms with Gasteiger partial charge in [-0.2, -0.15) is 11.3 Å². The van der Waals surface area contributed by atoms with Crippen molar-refractivity contribution in [1.82, 2.24) is 15.5 Å². The predicted molar refractivity (Wildman–Crippen MR) is 99.4 cm³/mol. The molecule has 1 aromatic heterocycles. The zero-order valence-corrected chi connectivity index (χ0v) is 15.4. The van der Waals surface area contributed by atoms with Gasteiger partial charge in [-0.1, -0.05) is 6.92 Å². The van der Waals surface area contributed by atoms with Gasteiger partial charge in [-0.25, -0.2) is 0 Å². The summed E-state index contributed by atoms with van der Waals surface area (Å²) in [6.45, 7) is 9.65. The van der Waals surface area contributed by atoms with Crippen LogP contribution in [0.5, 0.6) is 0 Å². The maximum absolute atomic E-state index is 4.82. The van der Waals surface area contributed by atoms with E-state index in [0.717, 1.165) is 31.6 Å². The summed E-state index contributed by atoms with van der Waals surface area (Å²) in [7, 11) is 0. The Morgan fingerprint density at radius 1 is 1.48 bits per heavy atom. The molecule has 23 heavy (non-hydrogen) atoms. The summed E-state index contributed by atoms with van der Waals surface area (Å²) >= 11 is 1.76. The first-order valence-electron chi connectivity index (χ1n) is 9.00. The first-order valence-corrected chi connectivity index (χ1v) is 9.94. The number of hydrogen-bond donors (Lipinski definition) is 2. The van der Waals surface area contributed by atoms with Gasteiger partial charge in [-0.05, 0) is 55.5 Å². The van der Waals surface area contributed by atoms with Crippen molar-refractivity contribution in [2.24, 2.45) is 4.99 Å². The Kier molecular flexibility index (Phi) is 5.59. The monoisotopic (exact) mass is 334 g/mol. The molecule has 1 aliphatic carbocycles. The fourth-order valence-electron chi connectivity index (χ4n) is 3.48. The minimum absolute atomic E-state index is 0.474. The van der Waals surface area contributed by atoms with Crippen molar-refractivity contribution in [3.8, 4) is 0 Å². The van der Waals surface area contributed by atoms with E-state index in [1.807, 2.05) is 0 Å². The maximum atomic E-state index is 4.82. The van der Waals surface area contributed by atoms with Crippen LogP contribution in [-0.4, -0.2) is 48.6 Å². The van der Waals surface area contributed by atoms with E-state index in [2.05, 4.69) is 53.1 Å². The molecular formula is C18H30N4S. The normalized spacial score (nSPS) is 27.2. The number of nitrogens with zero attached hydrogens (tertiary/aromatic N) is 2. The zero-order chi connectivity index (χ0) is 16.2. The lowest BCUT2D eigenvalue weighted by Gasteiger charge is -2.20. The average molecular weight is 335 g/mol. The predicted octanol–water partition coefficient (Wildman–Crippen LogP) is 3.03. The van der Waals surface area contributed by atoms with E-state index in [1.165, 1.54) is 24.8 Å². The Labute approximate surface area is 144 Å². The Balaban J connectivity index is 1.54. The highest BCUT2D eigenvalue weighted by Gasteiger charge is 2.38. The van der Waals surface area contributed by atoms with Crippen LogP contribution in [0.4, 0.5) is 0 Å². The number of guanidine groups is 1. The van der Waals surface area contributed by atoms with E-state index in [4.69, 9.17) is 4.99 Å². The molecule has 0 aromatic carbocycles. The Hall–Kier alpha value is -1.07. The zero-order valence-electron chi connectivity index (χ0n) is 14.6. The molecule has 2 N–H and O–H groups in total. The third-order valence-corrected chi connectivity index (χ3v) is 5.66. The fourth-order valence-corrected chi connectivity index (χ4v) is 4.26. The van der Waals surface area contributed by atoms with E-state index in [0.29, 0.717) is 18.0 Å². The highest BCUT2D eigenvalue weighted by molar-refractivity contribution is 7.07. The van der Waals surface area contributed by atoms with Gasteiger partial charge >= 0.3 is 0 Å². The molecular weight excluding hydrogens is 304 g/mol. The van der Waals surface area contributed by atoms with Crippen LogP contribution in [0.15, 0.2) is 21.8 Å². The van der Waals surface area contributed by atoms with Gasteiger partial charge in [0.05, 0.1) is 0 Å². The summed E-state index contributed by atoms with van der Waals surface area (Å²) < 4.78 is 0. The minimum Gasteiger partial charge on any atom is -0.357 e. The molecule has 5 heteroatoms. The highest BCUT2D eigenvalue weighted by atomic mass is 32.1. The molecule has 2 heterocycles. The van der Waals surface area contributed by atoms with Gasteiger partial charge < -0.3 is 10.6 Å². The second-order valence-corrected chi connectivity index (χ2v) is 7.81. The average Bonchev–Trinajstić information content (AvgIpc) is 3.08. The molecule has 4 nitrogen and oxygen atoms in total. The topological polar surface area (TPSA) is 39.7 Å². The Morgan fingerprint density at radius 3 is 2.96 bits per heavy atom. The molecule has 0 bridgehead atoms. The van der Waals surface area contributed by atoms with Gasteiger partial charge in [0.25, 0.3) is 0 Å². The van der Waals surface area contributed by atoms with Crippen LogP contribution in [0, 0.1) is 0 Å². The number of aliphatic imine (C=N–C) groups is 1. The van der Waals surface area contributed by atoms with E-state index in [-0.39, 0.29) is 0 Å². The highest BCUT2D eigenvalue weighted by Crippen LogP contribution is 2.33. The SMILES string of the molecule is CCNC(=NCC(C)c1ccsc1)NC1CC(C)N(C2CC2)C1. The number of rotatable bonds is 6. The molecule has 3 rings (SSSR count). The number of hydrogen-bond acceptors (Lipinski definition) is 3. The van der Waals surface area contributed by atoms with Crippen LogP contribution in [0.2, 0.25) is 0 Å². The van der Waals surface area contributed by atoms with Crippen molar-refractivity contribution >= 4 is 17.3 Å². The van der Waals surface area contributed by atoms with E-state index < -0.39 is 0 Å². The summed E-state index contributed by atoms with van der Waals surface area (Å²) in [5.41, 5.74) is 1.39. The van der Waals surface area contributed by atoms with Gasteiger partial charge in [0, 0.05) is 43.7 Å². The van der Waals surface area contributed by atoms with Crippen molar-refractivity contribution in [2.45, 2.75) is 64.1 Å². The molecule has 0 spiro atoms. The molecule has 1 aliphatic heterocycles. The molecule has 3 unspecified atom stereocenters. The quantitative estimate of drug-likeness (QED) is 0.620. The van der Waals surface area contributed by atoms with Crippen molar-refractivity contribution in [3.05, 3.63) is 22.4 Å². The van der Waals surface area contributed by atoms with Crippen molar-refractivity contribution in [3.63, 3.8) is 0 Å². The van der Waals surface area contributed by atoms with Crippen LogP contribution < -0.4 is 10.6 Å². The van der Waals surface area contributed by atoms with Crippen LogP contribution in [0.1, 0.15) is 51.5 Å². The third kappa shape index (κ3) is 4.48. The molecule has 0 amide bonds. The summed E-state index contributed by atoms with van der Waals surface area (Å²) in [5.74, 6) is 1.45. The summed E-state index contributed by atoms with van der Waals surface area (Å²) in [4.78, 5) is 7.50. The minimum atomic E-state index is 0.474. The van der Waals surface area contributed by atoms with E-state index >= 15 is 0 Å². The van der Waals surface area contributed by atoms with E-state index in [1.54, 1.807) is 11.3 Å². The molecule has 2 aliphatic rings. The van der Waals surface area contributed by atoms with Gasteiger partial charge in [-0.3, -0.25) is 9.89 Å². The smallest absolute Gasteiger partial charge is 0.191 e. The van der Waals surface area contributed by atoms with Gasteiger partial charge in [0.2, 0.25) is 0 Å². The third-order valence-electron chi connectivity index (χ3n) is 4.96. The van der Waals surface area contributed by atoms with Gasteiger partial charge in [0.1, 0.15) is 0 Å². The second-order valence-electron chi connectivity index (χ2n) is 7.03. The Bertz CT molecular complexity index is 509. The van der Waals surface area contributed by atoms with Gasteiger partial charge in [-0.15, -0.1) is 0 Å². The summed E-state index contributed by atoms with van der Waals surface area (Å²) in [6, 6.07) is 4.29. The van der Waals surface area contributed by atoms with Crippen LogP contribution in [-0.2, 0) is 0 Å². The van der Waals surface area contributed by atoms with E-state index in [9.17, 15) is 0 Å². The Morgan fingerprint density at radius 2 is 2.30 bits per heavy atom. The summed E-state index contributed by atoms with van der Waals surface area (Å²) in [6.07, 6.45) is 4.01. The molecule has 2 fully saturated rings. The van der Waals surface area contributed by atoms with Crippen LogP contribution >= 0.6 is 11.3 Å². The number of likely N-dealkylation sites (tertiary alicyclic amines) is 1. The first kappa shape index (κ1) is 16.8. The molecule has 128 valence electrons. The maximum Gasteiger partial charge on any atom is 0.191 e. The fraction of sp³-hybridized carbons (Fsp3) is 0.722. The largest absolute Gasteiger partial charge is 0.357 e. The van der Waals surface area contributed by atoms with Crippen LogP contribution in [0.25, 0.3) is 0 Å². The van der Waals surface area contributed by atoms with Crippen molar-refractivity contribution in [2.75, 3.05) is 19.6 Å². The lowest BCUT2D eigenvalue weighted by molar-refractivity contribution is 0.256. The lowest BCUT2D eigenvalue weighted by atomic mass is 10.1. The molecule has 0 radical (unpaired) electrons. The number of nitrogens with one attached hydrogen (secondary N) is 2. The number of thiophene rings is 1. The lowest BCUT2D eigenvalue weighted by Crippen LogP contribution is -2.45. The molecule has 1 saturated heterocycles. The van der Waals surface area contributed by atoms with Crippen molar-refractivity contribution in [1.29, 1.82) is 0 Å². The molecule has 1 saturated carbocycles. The summed E-state index contributed by atoms with van der Waals surface area (Å²) in [5, 5.41) is 11.4. The van der Waals surface area contributed by atoms with Crippen molar-refractivity contribution < 1.29 is 0 Å². The standard InChI is InChI=1S/C18H30N4S/c1-4-19-18(20-10-13(2)15-7-8-23-12-15)21-16-9-14(3)22(11-16)17-5-6-17/h7-8,12-14,16-17H,4-6,9-11H2,1-3H3,(H2,19,20,21).